The van der Waals surface area contributed by atoms with E-state index in [-0.39, 0.29) is 11.7 Å². The van der Waals surface area contributed by atoms with Gasteiger partial charge in [-0.15, -0.1) is 11.3 Å². The Balaban J connectivity index is 1.86. The minimum absolute atomic E-state index is 0.146. The Hall–Kier alpha value is -2.53. The summed E-state index contributed by atoms with van der Waals surface area (Å²) in [6.45, 7) is 0. The van der Waals surface area contributed by atoms with Gasteiger partial charge in [-0.25, -0.2) is 14.5 Å². The lowest BCUT2D eigenvalue weighted by molar-refractivity contribution is -0.391. The molecule has 0 spiro atoms. The van der Waals surface area contributed by atoms with Crippen LogP contribution in [-0.4, -0.2) is 30.5 Å². The number of carbonyl (C=O) groups is 1. The average molecular weight is 336 g/mol. The third-order valence-electron chi connectivity index (χ3n) is 2.71. The molecule has 11 heteroatoms. The number of nitrogens with one attached hydrogen (secondary N) is 1. The molecule has 1 aliphatic rings. The fourth-order valence-corrected chi connectivity index (χ4v) is 3.03. The van der Waals surface area contributed by atoms with Crippen LogP contribution >= 0.6 is 23.1 Å². The van der Waals surface area contributed by atoms with E-state index in [4.69, 9.17) is 0 Å². The highest BCUT2D eigenvalue weighted by Gasteiger charge is 2.26. The molecule has 2 aromatic rings. The standard InChI is InChI=1S/C11H8N6O3S2/c1-16-7(13-5-8(16)17(19)20)4-6-9(18)14-11(22-6)15-10-12-2-3-21-10/h2-5H,1H3,(H,12,14,15,18)/b6-4-. The van der Waals surface area contributed by atoms with Gasteiger partial charge in [-0.1, -0.05) is 0 Å². The van der Waals surface area contributed by atoms with Crippen LogP contribution < -0.4 is 5.32 Å². The van der Waals surface area contributed by atoms with Gasteiger partial charge in [0.15, 0.2) is 5.17 Å². The minimum atomic E-state index is -0.535. The van der Waals surface area contributed by atoms with Crippen molar-refractivity contribution in [1.29, 1.82) is 0 Å². The smallest absolute Gasteiger partial charge is 0.342 e. The molecular weight excluding hydrogens is 328 g/mol. The maximum absolute atomic E-state index is 11.9. The Morgan fingerprint density at radius 1 is 1.50 bits per heavy atom. The van der Waals surface area contributed by atoms with Gasteiger partial charge < -0.3 is 15.4 Å². The van der Waals surface area contributed by atoms with Crippen molar-refractivity contribution in [3.8, 4) is 0 Å². The van der Waals surface area contributed by atoms with Gasteiger partial charge in [0.25, 0.3) is 5.91 Å². The van der Waals surface area contributed by atoms with Crippen LogP contribution in [0, 0.1) is 10.1 Å². The number of carbonyl (C=O) groups excluding carboxylic acids is 1. The predicted octanol–water partition coefficient (Wildman–Crippen LogP) is 1.68. The van der Waals surface area contributed by atoms with E-state index in [1.54, 1.807) is 11.6 Å². The second-order valence-electron chi connectivity index (χ2n) is 4.09. The Kier molecular flexibility index (Phi) is 3.73. The van der Waals surface area contributed by atoms with Gasteiger partial charge in [-0.2, -0.15) is 4.99 Å². The number of nitrogens with zero attached hydrogens (tertiary/aromatic N) is 5. The summed E-state index contributed by atoms with van der Waals surface area (Å²) in [6, 6.07) is 0. The van der Waals surface area contributed by atoms with Gasteiger partial charge in [0.1, 0.15) is 6.20 Å². The third kappa shape index (κ3) is 2.76. The fourth-order valence-electron chi connectivity index (χ4n) is 1.67. The number of hydrogen-bond donors (Lipinski definition) is 1. The third-order valence-corrected chi connectivity index (χ3v) is 4.29. The van der Waals surface area contributed by atoms with Crippen molar-refractivity contribution in [2.75, 3.05) is 0 Å². The van der Waals surface area contributed by atoms with Gasteiger partial charge in [0.05, 0.1) is 12.0 Å². The second kappa shape index (κ2) is 5.69. The maximum Gasteiger partial charge on any atom is 0.342 e. The van der Waals surface area contributed by atoms with Gasteiger partial charge in [0, 0.05) is 17.7 Å². The summed E-state index contributed by atoms with van der Waals surface area (Å²) in [7, 11) is 1.51. The molecule has 3 heterocycles. The molecule has 1 amide bonds. The van der Waals surface area contributed by atoms with Crippen molar-refractivity contribution in [2.45, 2.75) is 0 Å². The van der Waals surface area contributed by atoms with Gasteiger partial charge in [-0.05, 0) is 16.7 Å². The topological polar surface area (TPSA) is 115 Å². The minimum Gasteiger partial charge on any atom is -0.358 e. The van der Waals surface area contributed by atoms with Crippen LogP contribution in [0.5, 0.6) is 0 Å². The van der Waals surface area contributed by atoms with E-state index < -0.39 is 4.92 Å². The van der Waals surface area contributed by atoms with E-state index in [9.17, 15) is 14.9 Å². The summed E-state index contributed by atoms with van der Waals surface area (Å²) >= 11 is 2.48. The molecule has 0 bridgehead atoms. The Bertz CT molecular complexity index is 808. The zero-order valence-electron chi connectivity index (χ0n) is 11.1. The summed E-state index contributed by atoms with van der Waals surface area (Å²) in [5, 5.41) is 16.1. The van der Waals surface area contributed by atoms with E-state index in [1.807, 2.05) is 0 Å². The molecule has 112 valence electrons. The van der Waals surface area contributed by atoms with E-state index in [0.29, 0.717) is 21.0 Å². The van der Waals surface area contributed by atoms with Crippen LogP contribution in [0.2, 0.25) is 0 Å². The average Bonchev–Trinajstić information content (AvgIpc) is 3.15. The first kappa shape index (κ1) is 14.4. The molecule has 1 aliphatic heterocycles. The highest BCUT2D eigenvalue weighted by Crippen LogP contribution is 2.28. The number of amides is 1. The largest absolute Gasteiger partial charge is 0.358 e. The highest BCUT2D eigenvalue weighted by molar-refractivity contribution is 8.18. The summed E-state index contributed by atoms with van der Waals surface area (Å²) in [5.41, 5.74) is 0. The summed E-state index contributed by atoms with van der Waals surface area (Å²) in [6.07, 6.45) is 4.25. The molecule has 0 atom stereocenters. The molecule has 1 N–H and O–H groups in total. The van der Waals surface area contributed by atoms with Crippen molar-refractivity contribution < 1.29 is 9.72 Å². The van der Waals surface area contributed by atoms with Crippen LogP contribution in [-0.2, 0) is 11.8 Å². The molecule has 0 aromatic carbocycles. The van der Waals surface area contributed by atoms with Crippen LogP contribution in [0.15, 0.2) is 27.7 Å². The summed E-state index contributed by atoms with van der Waals surface area (Å²) < 4.78 is 1.30. The first-order valence-electron chi connectivity index (χ1n) is 5.90. The van der Waals surface area contributed by atoms with Crippen LogP contribution in [0.4, 0.5) is 10.9 Å². The van der Waals surface area contributed by atoms with E-state index in [2.05, 4.69) is 20.3 Å². The molecule has 0 saturated carbocycles. The van der Waals surface area contributed by atoms with E-state index in [1.165, 1.54) is 29.0 Å². The molecule has 0 aliphatic carbocycles. The van der Waals surface area contributed by atoms with Crippen LogP contribution in [0.1, 0.15) is 5.82 Å². The van der Waals surface area contributed by atoms with Crippen molar-refractivity contribution >= 4 is 51.2 Å². The lowest BCUT2D eigenvalue weighted by Gasteiger charge is -1.94. The van der Waals surface area contributed by atoms with Crippen molar-refractivity contribution in [3.05, 3.63) is 38.6 Å². The molecule has 22 heavy (non-hydrogen) atoms. The monoisotopic (exact) mass is 336 g/mol. The lowest BCUT2D eigenvalue weighted by atomic mass is 10.4. The van der Waals surface area contributed by atoms with Crippen LogP contribution in [0.3, 0.4) is 0 Å². The summed E-state index contributed by atoms with van der Waals surface area (Å²) in [5.74, 6) is -0.155. The number of thioether (sulfide) groups is 1. The number of imidazole rings is 1. The first-order valence-corrected chi connectivity index (χ1v) is 7.59. The Labute approximate surface area is 131 Å². The van der Waals surface area contributed by atoms with Crippen LogP contribution in [0.25, 0.3) is 6.08 Å². The quantitative estimate of drug-likeness (QED) is 0.518. The molecule has 0 radical (unpaired) electrons. The highest BCUT2D eigenvalue weighted by atomic mass is 32.2. The molecule has 0 unspecified atom stereocenters. The SMILES string of the molecule is Cn1c([N+](=O)[O-])cnc1/C=C1\S/C(=N/c2nccs2)NC1=O. The Morgan fingerprint density at radius 2 is 2.32 bits per heavy atom. The van der Waals surface area contributed by atoms with Gasteiger partial charge in [0.2, 0.25) is 11.0 Å². The fraction of sp³-hybridized carbons (Fsp3) is 0.0909. The predicted molar refractivity (Wildman–Crippen MR) is 82.8 cm³/mol. The zero-order valence-corrected chi connectivity index (χ0v) is 12.7. The maximum atomic E-state index is 11.9. The molecule has 2 aromatic heterocycles. The molecule has 1 saturated heterocycles. The lowest BCUT2D eigenvalue weighted by Crippen LogP contribution is -2.19. The number of aliphatic imine (C=N–C) groups is 1. The zero-order chi connectivity index (χ0) is 15.7. The normalized spacial score (nSPS) is 18.1. The molecule has 3 rings (SSSR count). The molecule has 9 nitrogen and oxygen atoms in total. The first-order chi connectivity index (χ1) is 10.5. The van der Waals surface area contributed by atoms with Crippen molar-refractivity contribution in [1.82, 2.24) is 19.9 Å². The van der Waals surface area contributed by atoms with E-state index >= 15 is 0 Å². The summed E-state index contributed by atoms with van der Waals surface area (Å²) in [4.78, 5) is 34.6. The number of amidine groups is 1. The molecular formula is C11H8N6O3S2. The van der Waals surface area contributed by atoms with Gasteiger partial charge >= 0.3 is 5.82 Å². The number of hydrogen-bond acceptors (Lipinski definition) is 8. The van der Waals surface area contributed by atoms with E-state index in [0.717, 1.165) is 18.0 Å². The van der Waals surface area contributed by atoms with Crippen molar-refractivity contribution in [2.24, 2.45) is 12.0 Å². The number of aromatic nitrogens is 3. The number of rotatable bonds is 3. The van der Waals surface area contributed by atoms with Gasteiger partial charge in [-0.3, -0.25) is 4.79 Å². The second-order valence-corrected chi connectivity index (χ2v) is 5.99. The Morgan fingerprint density at radius 3 is 2.95 bits per heavy atom. The number of nitro groups is 1. The number of thiazole rings is 1. The van der Waals surface area contributed by atoms with Crippen molar-refractivity contribution in [3.63, 3.8) is 0 Å². The molecule has 1 fully saturated rings.